The van der Waals surface area contributed by atoms with E-state index in [1.54, 1.807) is 20.0 Å². The van der Waals surface area contributed by atoms with Gasteiger partial charge in [-0.3, -0.25) is 0 Å². The molecule has 0 unspecified atom stereocenters. The van der Waals surface area contributed by atoms with Gasteiger partial charge in [-0.05, 0) is 18.6 Å². The zero-order valence-corrected chi connectivity index (χ0v) is 11.4. The Bertz CT molecular complexity index is 554. The predicted molar refractivity (Wildman–Crippen MR) is 68.9 cm³/mol. The molecule has 1 heterocycles. The van der Waals surface area contributed by atoms with Crippen LogP contribution in [-0.4, -0.2) is 50.1 Å². The van der Waals surface area contributed by atoms with Gasteiger partial charge in [0.1, 0.15) is 21.2 Å². The number of aromatic nitrogens is 1. The summed E-state index contributed by atoms with van der Waals surface area (Å²) in [7, 11) is -1.46. The molecule has 6 nitrogen and oxygen atoms in total. The van der Waals surface area contributed by atoms with Crippen molar-refractivity contribution in [3.8, 4) is 0 Å². The molecule has 0 saturated heterocycles. The van der Waals surface area contributed by atoms with Gasteiger partial charge in [0.15, 0.2) is 0 Å². The Balaban J connectivity index is 3.02. The van der Waals surface area contributed by atoms with E-state index in [4.69, 9.17) is 5.11 Å². The Morgan fingerprint density at radius 3 is 2.61 bits per heavy atom. The van der Waals surface area contributed by atoms with Crippen LogP contribution in [0.5, 0.6) is 0 Å². The molecule has 0 fully saturated rings. The average molecular weight is 272 g/mol. The number of hydrogen-bond acceptors (Lipinski definition) is 5. The highest BCUT2D eigenvalue weighted by Gasteiger charge is 2.18. The van der Waals surface area contributed by atoms with Gasteiger partial charge in [-0.1, -0.05) is 0 Å². The molecular formula is C11H16N2O4S. The zero-order chi connectivity index (χ0) is 13.9. The molecule has 0 bridgehead atoms. The standard InChI is InChI=1S/C11H16N2O4S/c1-8-4-5-12-10(9(8)11(14)15)13(2)6-7-18(3,16)17/h4-5H,6-7H2,1-3H3,(H,14,15). The number of anilines is 1. The Morgan fingerprint density at radius 2 is 2.11 bits per heavy atom. The number of pyridine rings is 1. The fourth-order valence-corrected chi connectivity index (χ4v) is 2.11. The van der Waals surface area contributed by atoms with Crippen molar-refractivity contribution >= 4 is 21.6 Å². The summed E-state index contributed by atoms with van der Waals surface area (Å²) < 4.78 is 22.2. The molecule has 1 N–H and O–H groups in total. The van der Waals surface area contributed by atoms with Gasteiger partial charge in [0.2, 0.25) is 0 Å². The van der Waals surface area contributed by atoms with Gasteiger partial charge in [0.05, 0.1) is 5.75 Å². The number of hydrogen-bond donors (Lipinski definition) is 1. The number of aryl methyl sites for hydroxylation is 1. The Hall–Kier alpha value is -1.63. The van der Waals surface area contributed by atoms with Gasteiger partial charge in [0.25, 0.3) is 0 Å². The molecule has 0 radical (unpaired) electrons. The third-order valence-corrected chi connectivity index (χ3v) is 3.44. The van der Waals surface area contributed by atoms with Crippen LogP contribution in [0.25, 0.3) is 0 Å². The van der Waals surface area contributed by atoms with E-state index >= 15 is 0 Å². The van der Waals surface area contributed by atoms with Crippen LogP contribution < -0.4 is 4.90 Å². The minimum atomic E-state index is -3.09. The van der Waals surface area contributed by atoms with E-state index in [0.717, 1.165) is 6.26 Å². The molecule has 0 aromatic carbocycles. The summed E-state index contributed by atoms with van der Waals surface area (Å²) in [6, 6.07) is 1.61. The third-order valence-electron chi connectivity index (χ3n) is 2.51. The molecule has 0 atom stereocenters. The quantitative estimate of drug-likeness (QED) is 0.843. The number of carboxylic acid groups (broad SMARTS) is 1. The Morgan fingerprint density at radius 1 is 1.50 bits per heavy atom. The van der Waals surface area contributed by atoms with Crippen molar-refractivity contribution in [2.45, 2.75) is 6.92 Å². The summed E-state index contributed by atoms with van der Waals surface area (Å²) in [5, 5.41) is 9.14. The number of rotatable bonds is 5. The molecule has 1 aromatic rings. The van der Waals surface area contributed by atoms with Crippen molar-refractivity contribution in [3.05, 3.63) is 23.4 Å². The lowest BCUT2D eigenvalue weighted by Crippen LogP contribution is -2.27. The van der Waals surface area contributed by atoms with Crippen molar-refractivity contribution in [2.24, 2.45) is 0 Å². The van der Waals surface area contributed by atoms with Crippen LogP contribution >= 0.6 is 0 Å². The van der Waals surface area contributed by atoms with Crippen molar-refractivity contribution < 1.29 is 18.3 Å². The summed E-state index contributed by atoms with van der Waals surface area (Å²) in [6.45, 7) is 1.88. The minimum absolute atomic E-state index is 0.0435. The highest BCUT2D eigenvalue weighted by atomic mass is 32.2. The van der Waals surface area contributed by atoms with Crippen LogP contribution in [0.15, 0.2) is 12.3 Å². The second-order valence-electron chi connectivity index (χ2n) is 4.18. The largest absolute Gasteiger partial charge is 0.478 e. The topological polar surface area (TPSA) is 87.6 Å². The molecule has 0 aliphatic carbocycles. The van der Waals surface area contributed by atoms with Crippen LogP contribution in [0.2, 0.25) is 0 Å². The van der Waals surface area contributed by atoms with Crippen LogP contribution in [-0.2, 0) is 9.84 Å². The summed E-state index contributed by atoms with van der Waals surface area (Å²) in [5.74, 6) is -0.828. The number of carboxylic acids is 1. The number of aromatic carboxylic acids is 1. The molecule has 0 aliphatic rings. The normalized spacial score (nSPS) is 11.3. The van der Waals surface area contributed by atoms with Crippen molar-refractivity contribution in [2.75, 3.05) is 30.5 Å². The number of nitrogens with zero attached hydrogens (tertiary/aromatic N) is 2. The van der Waals surface area contributed by atoms with E-state index in [-0.39, 0.29) is 23.7 Å². The molecule has 100 valence electrons. The van der Waals surface area contributed by atoms with Crippen molar-refractivity contribution in [1.29, 1.82) is 0 Å². The smallest absolute Gasteiger partial charge is 0.339 e. The first-order chi connectivity index (χ1) is 8.22. The fourth-order valence-electron chi connectivity index (χ4n) is 1.51. The number of sulfone groups is 1. The van der Waals surface area contributed by atoms with Crippen LogP contribution in [0.1, 0.15) is 15.9 Å². The van der Waals surface area contributed by atoms with Gasteiger partial charge in [-0.25, -0.2) is 18.2 Å². The molecule has 1 aromatic heterocycles. The maximum atomic E-state index is 11.2. The molecule has 0 saturated carbocycles. The van der Waals surface area contributed by atoms with Crippen LogP contribution in [0.4, 0.5) is 5.82 Å². The molecule has 18 heavy (non-hydrogen) atoms. The highest BCUT2D eigenvalue weighted by Crippen LogP contribution is 2.19. The van der Waals surface area contributed by atoms with Gasteiger partial charge in [-0.2, -0.15) is 0 Å². The Labute approximate surface area is 106 Å². The summed E-state index contributed by atoms with van der Waals surface area (Å²) in [6.07, 6.45) is 2.65. The monoisotopic (exact) mass is 272 g/mol. The maximum absolute atomic E-state index is 11.2. The fraction of sp³-hybridized carbons (Fsp3) is 0.455. The third kappa shape index (κ3) is 3.69. The molecule has 0 amide bonds. The first-order valence-corrected chi connectivity index (χ1v) is 7.36. The first kappa shape index (κ1) is 14.4. The van der Waals surface area contributed by atoms with E-state index in [2.05, 4.69) is 4.98 Å². The van der Waals surface area contributed by atoms with Gasteiger partial charge in [-0.15, -0.1) is 0 Å². The number of carbonyl (C=O) groups is 1. The lowest BCUT2D eigenvalue weighted by atomic mass is 10.1. The van der Waals surface area contributed by atoms with E-state index in [1.807, 2.05) is 0 Å². The molecule has 0 aliphatic heterocycles. The van der Waals surface area contributed by atoms with Crippen molar-refractivity contribution in [1.82, 2.24) is 4.98 Å². The van der Waals surface area contributed by atoms with Crippen LogP contribution in [0.3, 0.4) is 0 Å². The minimum Gasteiger partial charge on any atom is -0.478 e. The first-order valence-electron chi connectivity index (χ1n) is 5.30. The zero-order valence-electron chi connectivity index (χ0n) is 10.5. The highest BCUT2D eigenvalue weighted by molar-refractivity contribution is 7.90. The summed E-state index contributed by atoms with van der Waals surface area (Å²) in [5.41, 5.74) is 0.701. The molecular weight excluding hydrogens is 256 g/mol. The van der Waals surface area contributed by atoms with Gasteiger partial charge < -0.3 is 10.0 Å². The molecule has 0 spiro atoms. The lowest BCUT2D eigenvalue weighted by Gasteiger charge is -2.20. The van der Waals surface area contributed by atoms with Crippen molar-refractivity contribution in [3.63, 3.8) is 0 Å². The van der Waals surface area contributed by atoms with Gasteiger partial charge in [0, 0.05) is 26.0 Å². The SMILES string of the molecule is Cc1ccnc(N(C)CCS(C)(=O)=O)c1C(=O)O. The van der Waals surface area contributed by atoms with E-state index in [9.17, 15) is 13.2 Å². The summed E-state index contributed by atoms with van der Waals surface area (Å²) in [4.78, 5) is 16.7. The lowest BCUT2D eigenvalue weighted by molar-refractivity contribution is 0.0696. The predicted octanol–water partition coefficient (Wildman–Crippen LogP) is 0.569. The second kappa shape index (κ2) is 5.34. The molecule has 1 rings (SSSR count). The summed E-state index contributed by atoms with van der Waals surface area (Å²) >= 11 is 0. The molecule has 7 heteroatoms. The van der Waals surface area contributed by atoms with Gasteiger partial charge >= 0.3 is 5.97 Å². The van der Waals surface area contributed by atoms with E-state index in [0.29, 0.717) is 5.56 Å². The van der Waals surface area contributed by atoms with E-state index < -0.39 is 15.8 Å². The Kier molecular flexibility index (Phi) is 4.28. The second-order valence-corrected chi connectivity index (χ2v) is 6.44. The van der Waals surface area contributed by atoms with Crippen LogP contribution in [0, 0.1) is 6.92 Å². The average Bonchev–Trinajstić information content (AvgIpc) is 2.24. The maximum Gasteiger partial charge on any atom is 0.339 e. The van der Waals surface area contributed by atoms with E-state index in [1.165, 1.54) is 11.1 Å².